The van der Waals surface area contributed by atoms with E-state index in [-0.39, 0.29) is 0 Å². The molecule has 5 heteroatoms. The molecule has 9 aromatic carbocycles. The van der Waals surface area contributed by atoms with Crippen molar-refractivity contribution in [1.82, 2.24) is 19.5 Å². The number of hydrogen-bond acceptors (Lipinski definition) is 4. The molecule has 0 radical (unpaired) electrons. The Balaban J connectivity index is 1.10. The number of furan rings is 1. The zero-order valence-corrected chi connectivity index (χ0v) is 33.5. The highest BCUT2D eigenvalue weighted by Gasteiger charge is 2.23. The van der Waals surface area contributed by atoms with Gasteiger partial charge >= 0.3 is 0 Å². The third-order valence-electron chi connectivity index (χ3n) is 11.9. The van der Waals surface area contributed by atoms with Crippen molar-refractivity contribution in [2.45, 2.75) is 0 Å². The van der Waals surface area contributed by atoms with Crippen molar-refractivity contribution in [2.24, 2.45) is 0 Å². The predicted octanol–water partition coefficient (Wildman–Crippen LogP) is 14.9. The van der Waals surface area contributed by atoms with Crippen molar-refractivity contribution in [3.8, 4) is 73.2 Å². The number of rotatable bonds is 7. The maximum Gasteiger partial charge on any atom is 0.238 e. The maximum atomic E-state index is 6.85. The summed E-state index contributed by atoms with van der Waals surface area (Å²) < 4.78 is 9.07. The van der Waals surface area contributed by atoms with Crippen molar-refractivity contribution >= 4 is 43.7 Å². The van der Waals surface area contributed by atoms with Crippen LogP contribution in [0.5, 0.6) is 0 Å². The van der Waals surface area contributed by atoms with E-state index in [1.54, 1.807) is 0 Å². The van der Waals surface area contributed by atoms with Gasteiger partial charge in [0.1, 0.15) is 11.2 Å². The molecule has 3 heterocycles. The molecule has 5 nitrogen and oxygen atoms in total. The summed E-state index contributed by atoms with van der Waals surface area (Å²) in [5, 5.41) is 4.39. The predicted molar refractivity (Wildman–Crippen MR) is 254 cm³/mol. The monoisotopic (exact) mass is 792 g/mol. The molecule has 290 valence electrons. The van der Waals surface area contributed by atoms with Gasteiger partial charge in [0.05, 0.1) is 11.0 Å². The van der Waals surface area contributed by atoms with Crippen LogP contribution in [0.3, 0.4) is 0 Å². The van der Waals surface area contributed by atoms with Gasteiger partial charge in [-0.3, -0.25) is 4.57 Å². The van der Waals surface area contributed by atoms with Crippen molar-refractivity contribution in [2.75, 3.05) is 0 Å². The van der Waals surface area contributed by atoms with Crippen LogP contribution in [0.15, 0.2) is 223 Å². The number of nitrogens with zero attached hydrogens (tertiary/aromatic N) is 4. The van der Waals surface area contributed by atoms with Crippen LogP contribution in [-0.4, -0.2) is 19.5 Å². The minimum Gasteiger partial charge on any atom is -0.456 e. The highest BCUT2D eigenvalue weighted by atomic mass is 16.3. The maximum absolute atomic E-state index is 6.85. The van der Waals surface area contributed by atoms with Crippen LogP contribution in [0.2, 0.25) is 0 Å². The molecule has 0 bridgehead atoms. The third-order valence-corrected chi connectivity index (χ3v) is 11.9. The summed E-state index contributed by atoms with van der Waals surface area (Å²) in [6, 6.07) is 76.2. The van der Waals surface area contributed by atoms with Crippen molar-refractivity contribution in [1.29, 1.82) is 0 Å². The lowest BCUT2D eigenvalue weighted by Crippen LogP contribution is -2.07. The van der Waals surface area contributed by atoms with Crippen LogP contribution in [0.1, 0.15) is 0 Å². The van der Waals surface area contributed by atoms with Crippen molar-refractivity contribution in [3.63, 3.8) is 0 Å². The van der Waals surface area contributed by atoms with E-state index in [2.05, 4.69) is 193 Å². The van der Waals surface area contributed by atoms with Gasteiger partial charge in [-0.25, -0.2) is 4.98 Å². The summed E-state index contributed by atoms with van der Waals surface area (Å²) >= 11 is 0. The first-order chi connectivity index (χ1) is 30.7. The average Bonchev–Trinajstić information content (AvgIpc) is 3.90. The summed E-state index contributed by atoms with van der Waals surface area (Å²) in [5.74, 6) is 1.74. The average molecular weight is 793 g/mol. The van der Waals surface area contributed by atoms with Crippen LogP contribution < -0.4 is 0 Å². The molecule has 0 aliphatic carbocycles. The molecular formula is C57H36N4O. The smallest absolute Gasteiger partial charge is 0.238 e. The Morgan fingerprint density at radius 2 is 0.839 bits per heavy atom. The zero-order chi connectivity index (χ0) is 41.0. The number of benzene rings is 9. The van der Waals surface area contributed by atoms with Gasteiger partial charge in [-0.2, -0.15) is 9.97 Å². The fourth-order valence-corrected chi connectivity index (χ4v) is 8.93. The molecule has 0 atom stereocenters. The van der Waals surface area contributed by atoms with E-state index >= 15 is 0 Å². The van der Waals surface area contributed by atoms with Gasteiger partial charge in [0.25, 0.3) is 0 Å². The van der Waals surface area contributed by atoms with Crippen LogP contribution in [-0.2, 0) is 0 Å². The fourth-order valence-electron chi connectivity index (χ4n) is 8.93. The molecule has 0 aliphatic rings. The Morgan fingerprint density at radius 3 is 1.53 bits per heavy atom. The Hall–Kier alpha value is -8.41. The second-order valence-corrected chi connectivity index (χ2v) is 15.6. The van der Waals surface area contributed by atoms with E-state index in [1.165, 1.54) is 0 Å². The zero-order valence-electron chi connectivity index (χ0n) is 33.5. The lowest BCUT2D eigenvalue weighted by molar-refractivity contribution is 0.669. The standard InChI is InChI=1S/C57H36N4O/c1-5-16-37(17-6-1)39-28-30-42(31-29-39)56-58-55(41-22-11-4-12-23-41)59-57(60-56)61-50-27-14-13-24-46(50)47-26-15-25-45(54(47)61)44-34-49(40-20-9-3-10-21-40)53-48-33-32-43(38-18-7-2-8-19-38)35-51(48)62-52(53)36-44/h1-36H. The molecular weight excluding hydrogens is 757 g/mol. The lowest BCUT2D eigenvalue weighted by Gasteiger charge is -2.14. The molecule has 0 amide bonds. The molecule has 0 fully saturated rings. The first-order valence-corrected chi connectivity index (χ1v) is 20.8. The Bertz CT molecular complexity index is 3600. The van der Waals surface area contributed by atoms with E-state index in [0.717, 1.165) is 99.4 Å². The summed E-state index contributed by atoms with van der Waals surface area (Å²) in [6.45, 7) is 0. The second-order valence-electron chi connectivity index (χ2n) is 15.6. The highest BCUT2D eigenvalue weighted by molar-refractivity contribution is 6.17. The molecule has 0 spiro atoms. The normalized spacial score (nSPS) is 11.5. The minimum atomic E-state index is 0.543. The van der Waals surface area contributed by atoms with E-state index in [1.807, 2.05) is 30.3 Å². The van der Waals surface area contributed by atoms with E-state index < -0.39 is 0 Å². The topological polar surface area (TPSA) is 56.7 Å². The van der Waals surface area contributed by atoms with Crippen LogP contribution in [0.25, 0.3) is 117 Å². The highest BCUT2D eigenvalue weighted by Crippen LogP contribution is 2.44. The molecule has 0 saturated heterocycles. The Morgan fingerprint density at radius 1 is 0.323 bits per heavy atom. The van der Waals surface area contributed by atoms with E-state index in [0.29, 0.717) is 17.6 Å². The first kappa shape index (κ1) is 35.5. The van der Waals surface area contributed by atoms with Gasteiger partial charge < -0.3 is 4.42 Å². The van der Waals surface area contributed by atoms with Crippen LogP contribution in [0, 0.1) is 0 Å². The minimum absolute atomic E-state index is 0.543. The fraction of sp³-hybridized carbons (Fsp3) is 0. The molecule has 3 aromatic heterocycles. The quantitative estimate of drug-likeness (QED) is 0.161. The lowest BCUT2D eigenvalue weighted by atomic mass is 9.93. The van der Waals surface area contributed by atoms with Gasteiger partial charge in [-0.1, -0.05) is 188 Å². The number of fused-ring (bicyclic) bond motifs is 6. The number of para-hydroxylation sites is 2. The summed E-state index contributed by atoms with van der Waals surface area (Å²) in [6.07, 6.45) is 0. The Kier molecular flexibility index (Phi) is 8.42. The summed E-state index contributed by atoms with van der Waals surface area (Å²) in [7, 11) is 0. The van der Waals surface area contributed by atoms with Crippen LogP contribution >= 0.6 is 0 Å². The molecule has 12 aromatic rings. The molecule has 0 saturated carbocycles. The van der Waals surface area contributed by atoms with E-state index in [4.69, 9.17) is 19.4 Å². The summed E-state index contributed by atoms with van der Waals surface area (Å²) in [4.78, 5) is 15.7. The summed E-state index contributed by atoms with van der Waals surface area (Å²) in [5.41, 5.74) is 14.4. The van der Waals surface area contributed by atoms with Gasteiger partial charge in [-0.15, -0.1) is 0 Å². The molecule has 12 rings (SSSR count). The van der Waals surface area contributed by atoms with Crippen molar-refractivity contribution < 1.29 is 4.42 Å². The molecule has 62 heavy (non-hydrogen) atoms. The molecule has 0 N–H and O–H groups in total. The van der Waals surface area contributed by atoms with Crippen LogP contribution in [0.4, 0.5) is 0 Å². The first-order valence-electron chi connectivity index (χ1n) is 20.8. The SMILES string of the molecule is c1ccc(-c2ccc(-c3nc(-c4ccccc4)nc(-n4c5ccccc5c5cccc(-c6cc(-c7ccccc7)c7c(c6)oc6cc(-c8ccccc8)ccc67)c54)n3)cc2)cc1. The van der Waals surface area contributed by atoms with Gasteiger partial charge in [0.2, 0.25) is 5.95 Å². The number of hydrogen-bond donors (Lipinski definition) is 0. The molecule has 0 aliphatic heterocycles. The number of aromatic nitrogens is 4. The van der Waals surface area contributed by atoms with Gasteiger partial charge in [0.15, 0.2) is 11.6 Å². The van der Waals surface area contributed by atoms with Crippen molar-refractivity contribution in [3.05, 3.63) is 218 Å². The van der Waals surface area contributed by atoms with E-state index in [9.17, 15) is 0 Å². The van der Waals surface area contributed by atoms with Gasteiger partial charge in [0, 0.05) is 38.2 Å². The molecule has 0 unspecified atom stereocenters. The second kappa shape index (κ2) is 14.7. The third kappa shape index (κ3) is 6.06. The van der Waals surface area contributed by atoms with Gasteiger partial charge in [-0.05, 0) is 69.3 Å². The Labute approximate surface area is 357 Å². The largest absolute Gasteiger partial charge is 0.456 e.